The van der Waals surface area contributed by atoms with E-state index >= 15 is 0 Å². The van der Waals surface area contributed by atoms with Gasteiger partial charge in [0.1, 0.15) is 0 Å². The lowest BCUT2D eigenvalue weighted by molar-refractivity contribution is 0.397. The van der Waals surface area contributed by atoms with Gasteiger partial charge in [-0.05, 0) is 33.6 Å². The van der Waals surface area contributed by atoms with Gasteiger partial charge in [-0.25, -0.2) is 4.98 Å². The molecule has 23 heavy (non-hydrogen) atoms. The summed E-state index contributed by atoms with van der Waals surface area (Å²) in [5.74, 6) is 1.44. The van der Waals surface area contributed by atoms with Crippen LogP contribution in [0.15, 0.2) is 40.1 Å². The summed E-state index contributed by atoms with van der Waals surface area (Å²) < 4.78 is 8.32. The van der Waals surface area contributed by atoms with Crippen molar-refractivity contribution in [3.8, 4) is 5.88 Å². The third-order valence-corrected chi connectivity index (χ3v) is 3.94. The number of aliphatic imine (C=N–C) groups is 1. The second-order valence-corrected chi connectivity index (χ2v) is 6.14. The zero-order chi connectivity index (χ0) is 16.8. The van der Waals surface area contributed by atoms with Gasteiger partial charge >= 0.3 is 0 Å². The summed E-state index contributed by atoms with van der Waals surface area (Å²) >= 11 is 3.50. The Morgan fingerprint density at radius 2 is 2.26 bits per heavy atom. The lowest BCUT2D eigenvalue weighted by atomic mass is 10.2. The fourth-order valence-electron chi connectivity index (χ4n) is 2.28. The van der Waals surface area contributed by atoms with E-state index in [1.54, 1.807) is 20.4 Å². The van der Waals surface area contributed by atoms with E-state index in [9.17, 15) is 0 Å². The highest BCUT2D eigenvalue weighted by Crippen LogP contribution is 2.15. The molecule has 1 N–H and O–H groups in total. The van der Waals surface area contributed by atoms with Crippen LogP contribution < -0.4 is 10.1 Å². The molecule has 0 fully saturated rings. The maximum absolute atomic E-state index is 5.14. The molecule has 2 aromatic heterocycles. The van der Waals surface area contributed by atoms with Crippen molar-refractivity contribution < 1.29 is 4.74 Å². The molecule has 0 aliphatic heterocycles. The molecular weight excluding hydrogens is 358 g/mol. The molecule has 0 bridgehead atoms. The van der Waals surface area contributed by atoms with Crippen LogP contribution in [0.2, 0.25) is 0 Å². The molecule has 0 aromatic carbocycles. The number of pyridine rings is 1. The number of aromatic nitrogens is 2. The Kier molecular flexibility index (Phi) is 6.04. The summed E-state index contributed by atoms with van der Waals surface area (Å²) in [4.78, 5) is 10.5. The van der Waals surface area contributed by atoms with Gasteiger partial charge in [0.15, 0.2) is 5.96 Å². The molecule has 0 amide bonds. The van der Waals surface area contributed by atoms with Crippen molar-refractivity contribution in [2.24, 2.45) is 12.0 Å². The predicted molar refractivity (Wildman–Crippen MR) is 95.6 cm³/mol. The van der Waals surface area contributed by atoms with Gasteiger partial charge in [0.2, 0.25) is 5.88 Å². The highest BCUT2D eigenvalue weighted by molar-refractivity contribution is 9.10. The number of ether oxygens (including phenoxy) is 1. The van der Waals surface area contributed by atoms with E-state index < -0.39 is 0 Å². The molecule has 6 nitrogen and oxygen atoms in total. The SMILES string of the molecule is CN=C(NCc1ccnc(OC)c1)N(C)Cc1cc(Br)cn1C. The van der Waals surface area contributed by atoms with Crippen LogP contribution in [0.25, 0.3) is 0 Å². The fraction of sp³-hybridized carbons (Fsp3) is 0.375. The Hall–Kier alpha value is -2.02. The number of rotatable bonds is 5. The lowest BCUT2D eigenvalue weighted by Gasteiger charge is -2.22. The van der Waals surface area contributed by atoms with E-state index in [1.165, 1.54) is 5.69 Å². The van der Waals surface area contributed by atoms with Crippen molar-refractivity contribution in [3.05, 3.63) is 46.3 Å². The van der Waals surface area contributed by atoms with Crippen LogP contribution in [0.5, 0.6) is 5.88 Å². The molecule has 0 spiro atoms. The van der Waals surface area contributed by atoms with Gasteiger partial charge in [-0.1, -0.05) is 0 Å². The quantitative estimate of drug-likeness (QED) is 0.640. The Bertz CT molecular complexity index is 683. The number of halogens is 1. The van der Waals surface area contributed by atoms with Gasteiger partial charge in [0, 0.05) is 56.3 Å². The Morgan fingerprint density at radius 3 is 2.87 bits per heavy atom. The summed E-state index contributed by atoms with van der Waals surface area (Å²) in [5, 5.41) is 3.35. The van der Waals surface area contributed by atoms with E-state index in [0.717, 1.165) is 22.5 Å². The largest absolute Gasteiger partial charge is 0.481 e. The second kappa shape index (κ2) is 8.01. The van der Waals surface area contributed by atoms with Gasteiger partial charge in [-0.3, -0.25) is 4.99 Å². The van der Waals surface area contributed by atoms with Crippen molar-refractivity contribution in [1.29, 1.82) is 0 Å². The highest BCUT2D eigenvalue weighted by atomic mass is 79.9. The molecule has 124 valence electrons. The van der Waals surface area contributed by atoms with Crippen molar-refractivity contribution in [2.75, 3.05) is 21.2 Å². The van der Waals surface area contributed by atoms with Crippen molar-refractivity contribution >= 4 is 21.9 Å². The number of nitrogens with one attached hydrogen (secondary N) is 1. The fourth-order valence-corrected chi connectivity index (χ4v) is 2.85. The zero-order valence-electron chi connectivity index (χ0n) is 13.9. The first-order valence-corrected chi connectivity index (χ1v) is 8.04. The molecule has 0 atom stereocenters. The monoisotopic (exact) mass is 379 g/mol. The summed E-state index contributed by atoms with van der Waals surface area (Å²) in [7, 11) is 7.45. The normalized spacial score (nSPS) is 11.4. The topological polar surface area (TPSA) is 54.7 Å². The molecule has 2 aromatic rings. The Labute approximate surface area is 145 Å². The molecule has 0 saturated heterocycles. The zero-order valence-corrected chi connectivity index (χ0v) is 15.5. The molecular formula is C16H22BrN5O. The first-order valence-electron chi connectivity index (χ1n) is 7.25. The third kappa shape index (κ3) is 4.72. The van der Waals surface area contributed by atoms with Gasteiger partial charge in [-0.2, -0.15) is 0 Å². The van der Waals surface area contributed by atoms with Crippen LogP contribution in [0.1, 0.15) is 11.3 Å². The third-order valence-electron chi connectivity index (χ3n) is 3.51. The van der Waals surface area contributed by atoms with Gasteiger partial charge in [0.25, 0.3) is 0 Å². The molecule has 7 heteroatoms. The van der Waals surface area contributed by atoms with Crippen LogP contribution in [-0.2, 0) is 20.1 Å². The number of hydrogen-bond donors (Lipinski definition) is 1. The molecule has 0 radical (unpaired) electrons. The molecule has 0 aliphatic rings. The number of guanidine groups is 1. The summed E-state index contributed by atoms with van der Waals surface area (Å²) in [6, 6.07) is 5.98. The maximum Gasteiger partial charge on any atom is 0.213 e. The molecule has 2 heterocycles. The van der Waals surface area contributed by atoms with Gasteiger partial charge in [0.05, 0.1) is 13.7 Å². The smallest absolute Gasteiger partial charge is 0.213 e. The number of methoxy groups -OCH3 is 1. The van der Waals surface area contributed by atoms with E-state index in [1.807, 2.05) is 32.4 Å². The summed E-state index contributed by atoms with van der Waals surface area (Å²) in [6.07, 6.45) is 3.78. The van der Waals surface area contributed by atoms with Crippen molar-refractivity contribution in [1.82, 2.24) is 19.8 Å². The first kappa shape index (κ1) is 17.3. The van der Waals surface area contributed by atoms with Gasteiger partial charge in [-0.15, -0.1) is 0 Å². The van der Waals surface area contributed by atoms with Crippen LogP contribution >= 0.6 is 15.9 Å². The number of nitrogens with zero attached hydrogens (tertiary/aromatic N) is 4. The van der Waals surface area contributed by atoms with Crippen LogP contribution in [-0.4, -0.2) is 41.6 Å². The molecule has 2 rings (SSSR count). The van der Waals surface area contributed by atoms with Crippen LogP contribution in [0.3, 0.4) is 0 Å². The number of aryl methyl sites for hydroxylation is 1. The first-order chi connectivity index (χ1) is 11.0. The summed E-state index contributed by atoms with van der Waals surface area (Å²) in [5.41, 5.74) is 2.29. The van der Waals surface area contributed by atoms with Crippen molar-refractivity contribution in [2.45, 2.75) is 13.1 Å². The standard InChI is InChI=1S/C16H22BrN5O/c1-18-16(20-9-12-5-6-19-15(7-12)23-4)22(3)11-14-8-13(17)10-21(14)2/h5-8,10H,9,11H2,1-4H3,(H,18,20). The summed E-state index contributed by atoms with van der Waals surface area (Å²) in [6.45, 7) is 1.42. The van der Waals surface area contributed by atoms with E-state index in [4.69, 9.17) is 4.74 Å². The van der Waals surface area contributed by atoms with Crippen molar-refractivity contribution in [3.63, 3.8) is 0 Å². The lowest BCUT2D eigenvalue weighted by Crippen LogP contribution is -2.38. The van der Waals surface area contributed by atoms with Crippen LogP contribution in [0.4, 0.5) is 0 Å². The molecule has 0 saturated carbocycles. The highest BCUT2D eigenvalue weighted by Gasteiger charge is 2.09. The number of hydrogen-bond acceptors (Lipinski definition) is 3. The van der Waals surface area contributed by atoms with E-state index in [2.05, 4.69) is 46.8 Å². The molecule has 0 unspecified atom stereocenters. The van der Waals surface area contributed by atoms with Gasteiger partial charge < -0.3 is 19.5 Å². The average molecular weight is 380 g/mol. The van der Waals surface area contributed by atoms with Crippen LogP contribution in [0, 0.1) is 0 Å². The van der Waals surface area contributed by atoms with E-state index in [0.29, 0.717) is 12.4 Å². The Balaban J connectivity index is 1.97. The Morgan fingerprint density at radius 1 is 1.48 bits per heavy atom. The average Bonchev–Trinajstić information content (AvgIpc) is 2.85. The minimum Gasteiger partial charge on any atom is -0.481 e. The maximum atomic E-state index is 5.14. The second-order valence-electron chi connectivity index (χ2n) is 5.22. The predicted octanol–water partition coefficient (Wildman–Crippen LogP) is 2.40. The van der Waals surface area contributed by atoms with E-state index in [-0.39, 0.29) is 0 Å². The minimum absolute atomic E-state index is 0.612. The molecule has 0 aliphatic carbocycles. The minimum atomic E-state index is 0.612.